The van der Waals surface area contributed by atoms with E-state index in [1.165, 1.54) is 12.1 Å². The number of fused-ring (bicyclic) bond motifs is 1. The van der Waals surface area contributed by atoms with Crippen LogP contribution in [0.15, 0.2) is 18.2 Å². The number of hydrogen-bond acceptors (Lipinski definition) is 5. The summed E-state index contributed by atoms with van der Waals surface area (Å²) >= 11 is 0. The number of carbonyl (C=O) groups is 3. The highest BCUT2D eigenvalue weighted by atomic mass is 19.1. The Morgan fingerprint density at radius 2 is 2.13 bits per heavy atom. The van der Waals surface area contributed by atoms with E-state index in [-0.39, 0.29) is 36.4 Å². The minimum atomic E-state index is -0.788. The van der Waals surface area contributed by atoms with Crippen LogP contribution in [0.5, 0.6) is 0 Å². The SMILES string of the molecule is Cc1cc(F)cc(C(=O)NC[C@H]2[C@H]3CN(CCC(=O)O)C[C@]34CC[C@H]2O4)c1.O=CO. The average Bonchev–Trinajstić information content (AvgIpc) is 3.32. The van der Waals surface area contributed by atoms with E-state index in [0.717, 1.165) is 25.9 Å². The van der Waals surface area contributed by atoms with Crippen molar-refractivity contribution in [2.75, 3.05) is 26.2 Å². The van der Waals surface area contributed by atoms with Crippen molar-refractivity contribution in [2.45, 2.75) is 37.9 Å². The third-order valence-electron chi connectivity index (χ3n) is 6.30. The Balaban J connectivity index is 0.000000806. The molecule has 3 N–H and O–H groups in total. The number of carboxylic acid groups (broad SMARTS) is 2. The summed E-state index contributed by atoms with van der Waals surface area (Å²) in [4.78, 5) is 33.8. The van der Waals surface area contributed by atoms with Gasteiger partial charge in [0.1, 0.15) is 5.82 Å². The number of benzene rings is 1. The number of ether oxygens (including phenoxy) is 1. The summed E-state index contributed by atoms with van der Waals surface area (Å²) in [5.74, 6) is -0.946. The number of likely N-dealkylation sites (tertiary alicyclic amines) is 1. The Bertz CT molecular complexity index is 798. The first-order chi connectivity index (χ1) is 14.3. The van der Waals surface area contributed by atoms with Crippen molar-refractivity contribution >= 4 is 18.3 Å². The standard InChI is InChI=1S/C20H25FN2O4.CH2O2/c1-12-6-13(8-14(21)7-12)19(26)22-9-15-16-10-23(5-3-18(24)25)11-20(16)4-2-17(15)27-20;2-1-3/h6-8,15-17H,2-5,9-11H2,1H3,(H,22,26)(H,24,25);1H,(H,2,3)/t15-,16+,17+,20+;/m0./s1. The van der Waals surface area contributed by atoms with Gasteiger partial charge in [-0.3, -0.25) is 19.3 Å². The fourth-order valence-corrected chi connectivity index (χ4v) is 5.16. The molecule has 0 radical (unpaired) electrons. The average molecular weight is 422 g/mol. The van der Waals surface area contributed by atoms with Gasteiger partial charge >= 0.3 is 5.97 Å². The molecule has 30 heavy (non-hydrogen) atoms. The van der Waals surface area contributed by atoms with Crippen LogP contribution in [0.1, 0.15) is 35.2 Å². The molecule has 1 spiro atoms. The number of halogens is 1. The van der Waals surface area contributed by atoms with Crippen LogP contribution in [0, 0.1) is 24.6 Å². The highest BCUT2D eigenvalue weighted by Gasteiger charge is 2.62. The van der Waals surface area contributed by atoms with Gasteiger partial charge in [0.25, 0.3) is 12.4 Å². The lowest BCUT2D eigenvalue weighted by molar-refractivity contribution is -0.137. The van der Waals surface area contributed by atoms with E-state index in [0.29, 0.717) is 30.1 Å². The van der Waals surface area contributed by atoms with Crippen molar-refractivity contribution in [3.8, 4) is 0 Å². The van der Waals surface area contributed by atoms with Crippen molar-refractivity contribution in [1.82, 2.24) is 10.2 Å². The third kappa shape index (κ3) is 4.62. The predicted octanol–water partition coefficient (Wildman–Crippen LogP) is 1.52. The maximum atomic E-state index is 13.6. The summed E-state index contributed by atoms with van der Waals surface area (Å²) in [6.07, 6.45) is 2.25. The lowest BCUT2D eigenvalue weighted by atomic mass is 9.73. The van der Waals surface area contributed by atoms with Gasteiger partial charge in [-0.1, -0.05) is 0 Å². The van der Waals surface area contributed by atoms with Crippen LogP contribution in [0.2, 0.25) is 0 Å². The molecule has 4 rings (SSSR count). The number of nitrogens with zero attached hydrogens (tertiary/aromatic N) is 1. The van der Waals surface area contributed by atoms with Gasteiger partial charge in [0, 0.05) is 43.6 Å². The smallest absolute Gasteiger partial charge is 0.304 e. The molecule has 3 aliphatic rings. The van der Waals surface area contributed by atoms with Crippen LogP contribution in [0.25, 0.3) is 0 Å². The van der Waals surface area contributed by atoms with Crippen LogP contribution in [0.3, 0.4) is 0 Å². The Hall–Kier alpha value is -2.52. The summed E-state index contributed by atoms with van der Waals surface area (Å²) in [5.41, 5.74) is 0.863. The lowest BCUT2D eigenvalue weighted by Crippen LogP contribution is -2.41. The summed E-state index contributed by atoms with van der Waals surface area (Å²) in [6, 6.07) is 4.33. The Labute approximate surface area is 174 Å². The maximum Gasteiger partial charge on any atom is 0.304 e. The third-order valence-corrected chi connectivity index (χ3v) is 6.30. The number of nitrogens with one attached hydrogen (secondary N) is 1. The molecular formula is C21H27FN2O6. The second-order valence-corrected chi connectivity index (χ2v) is 8.24. The number of hydrogen-bond donors (Lipinski definition) is 3. The zero-order valence-corrected chi connectivity index (χ0v) is 16.8. The van der Waals surface area contributed by atoms with Crippen LogP contribution in [0.4, 0.5) is 4.39 Å². The number of amides is 1. The normalized spacial score (nSPS) is 29.1. The molecule has 2 bridgehead atoms. The molecule has 3 fully saturated rings. The maximum absolute atomic E-state index is 13.6. The number of aryl methyl sites for hydroxylation is 1. The van der Waals surface area contributed by atoms with Crippen LogP contribution >= 0.6 is 0 Å². The van der Waals surface area contributed by atoms with Crippen LogP contribution < -0.4 is 5.32 Å². The molecule has 0 saturated carbocycles. The van der Waals surface area contributed by atoms with E-state index in [1.54, 1.807) is 13.0 Å². The lowest BCUT2D eigenvalue weighted by Gasteiger charge is -2.29. The Morgan fingerprint density at radius 1 is 1.40 bits per heavy atom. The summed E-state index contributed by atoms with van der Waals surface area (Å²) in [6.45, 7) is 4.12. The van der Waals surface area contributed by atoms with Crippen molar-refractivity contribution in [3.63, 3.8) is 0 Å². The van der Waals surface area contributed by atoms with Gasteiger partial charge in [0.2, 0.25) is 0 Å². The second-order valence-electron chi connectivity index (χ2n) is 8.24. The minimum Gasteiger partial charge on any atom is -0.483 e. The summed E-state index contributed by atoms with van der Waals surface area (Å²) in [7, 11) is 0. The van der Waals surface area contributed by atoms with Gasteiger partial charge in [-0.25, -0.2) is 4.39 Å². The van der Waals surface area contributed by atoms with Crippen molar-refractivity contribution in [2.24, 2.45) is 11.8 Å². The van der Waals surface area contributed by atoms with E-state index >= 15 is 0 Å². The molecule has 0 aromatic heterocycles. The minimum absolute atomic E-state index is 0.132. The van der Waals surface area contributed by atoms with Gasteiger partial charge in [-0.05, 0) is 43.5 Å². The van der Waals surface area contributed by atoms with Crippen LogP contribution in [-0.2, 0) is 14.3 Å². The molecule has 1 aromatic carbocycles. The van der Waals surface area contributed by atoms with Crippen molar-refractivity contribution in [1.29, 1.82) is 0 Å². The van der Waals surface area contributed by atoms with Crippen molar-refractivity contribution in [3.05, 3.63) is 35.1 Å². The quantitative estimate of drug-likeness (QED) is 0.595. The van der Waals surface area contributed by atoms with E-state index in [1.807, 2.05) is 0 Å². The topological polar surface area (TPSA) is 116 Å². The molecule has 8 nitrogen and oxygen atoms in total. The first-order valence-electron chi connectivity index (χ1n) is 10.0. The van der Waals surface area contributed by atoms with Crippen molar-refractivity contribution < 1.29 is 33.7 Å². The van der Waals surface area contributed by atoms with Crippen LogP contribution in [-0.4, -0.2) is 71.3 Å². The molecule has 3 saturated heterocycles. The van der Waals surface area contributed by atoms with E-state index in [4.69, 9.17) is 19.7 Å². The number of carbonyl (C=O) groups excluding carboxylic acids is 1. The van der Waals surface area contributed by atoms with Gasteiger partial charge in [-0.2, -0.15) is 0 Å². The van der Waals surface area contributed by atoms with Gasteiger partial charge in [0.15, 0.2) is 0 Å². The number of rotatable bonds is 6. The summed E-state index contributed by atoms with van der Waals surface area (Å²) < 4.78 is 19.9. The first-order valence-corrected chi connectivity index (χ1v) is 10.0. The highest BCUT2D eigenvalue weighted by Crippen LogP contribution is 2.54. The fraction of sp³-hybridized carbons (Fsp3) is 0.571. The molecular weight excluding hydrogens is 395 g/mol. The predicted molar refractivity (Wildman–Crippen MR) is 105 cm³/mol. The summed E-state index contributed by atoms with van der Waals surface area (Å²) in [5, 5.41) is 18.8. The Morgan fingerprint density at radius 3 is 2.80 bits per heavy atom. The zero-order valence-electron chi connectivity index (χ0n) is 16.8. The van der Waals surface area contributed by atoms with Gasteiger partial charge in [0.05, 0.1) is 18.1 Å². The second kappa shape index (κ2) is 9.09. The zero-order chi connectivity index (χ0) is 21.9. The molecule has 9 heteroatoms. The number of carboxylic acids is 1. The van der Waals surface area contributed by atoms with E-state index in [9.17, 15) is 14.0 Å². The molecule has 3 aliphatic heterocycles. The van der Waals surface area contributed by atoms with E-state index < -0.39 is 11.8 Å². The largest absolute Gasteiger partial charge is 0.483 e. The first kappa shape index (κ1) is 22.2. The molecule has 0 aliphatic carbocycles. The molecule has 1 aromatic rings. The van der Waals surface area contributed by atoms with E-state index in [2.05, 4.69) is 10.2 Å². The Kier molecular flexibility index (Phi) is 6.72. The van der Waals surface area contributed by atoms with Gasteiger partial charge in [-0.15, -0.1) is 0 Å². The number of aliphatic carboxylic acids is 1. The molecule has 4 atom stereocenters. The highest BCUT2D eigenvalue weighted by molar-refractivity contribution is 5.94. The molecule has 1 amide bonds. The molecule has 3 heterocycles. The monoisotopic (exact) mass is 422 g/mol. The molecule has 0 unspecified atom stereocenters. The van der Waals surface area contributed by atoms with Gasteiger partial charge < -0.3 is 20.3 Å². The molecule has 164 valence electrons. The fourth-order valence-electron chi connectivity index (χ4n) is 5.16.